The van der Waals surface area contributed by atoms with Crippen molar-refractivity contribution in [2.24, 2.45) is 35.0 Å². The predicted octanol–water partition coefficient (Wildman–Crippen LogP) is 4.62. The van der Waals surface area contributed by atoms with E-state index in [-0.39, 0.29) is 29.7 Å². The van der Waals surface area contributed by atoms with Crippen LogP contribution in [0.1, 0.15) is 46.1 Å². The lowest BCUT2D eigenvalue weighted by molar-refractivity contribution is -0.166. The average Bonchev–Trinajstić information content (AvgIpc) is 3.08. The van der Waals surface area contributed by atoms with Crippen LogP contribution in [0.3, 0.4) is 0 Å². The molecule has 9 atom stereocenters. The van der Waals surface area contributed by atoms with Crippen molar-refractivity contribution < 1.29 is 19.4 Å². The van der Waals surface area contributed by atoms with Crippen LogP contribution < -0.4 is 5.32 Å². The summed E-state index contributed by atoms with van der Waals surface area (Å²) < 4.78 is 5.95. The maximum absolute atomic E-state index is 14.1. The van der Waals surface area contributed by atoms with E-state index in [2.05, 4.69) is 50.0 Å². The lowest BCUT2D eigenvalue weighted by atomic mass is 9.51. The average molecular weight is 478 g/mol. The smallest absolute Gasteiger partial charge is 0.303 e. The maximum atomic E-state index is 14.1. The summed E-state index contributed by atoms with van der Waals surface area (Å²) >= 11 is 0. The summed E-state index contributed by atoms with van der Waals surface area (Å²) in [6.07, 6.45) is 8.90. The molecule has 5 heteroatoms. The Hall–Kier alpha value is -2.66. The number of hydrogen-bond acceptors (Lipinski definition) is 4. The summed E-state index contributed by atoms with van der Waals surface area (Å²) in [5, 5.41) is 14.8. The fourth-order valence-corrected chi connectivity index (χ4v) is 6.85. The van der Waals surface area contributed by atoms with Gasteiger partial charge in [-0.15, -0.1) is 0 Å². The zero-order chi connectivity index (χ0) is 25.3. The minimum Gasteiger partial charge on any atom is -0.457 e. The maximum Gasteiger partial charge on any atom is 0.303 e. The zero-order valence-electron chi connectivity index (χ0n) is 21.3. The molecule has 1 heterocycles. The quantitative estimate of drug-likeness (QED) is 0.492. The number of benzene rings is 1. The second kappa shape index (κ2) is 10.1. The number of nitrogens with one attached hydrogen (secondary N) is 1. The first-order valence-electron chi connectivity index (χ1n) is 12.9. The first-order valence-corrected chi connectivity index (χ1v) is 12.9. The molecule has 0 aromatic heterocycles. The van der Waals surface area contributed by atoms with Crippen LogP contribution in [0.25, 0.3) is 0 Å². The Morgan fingerprint density at radius 3 is 2.57 bits per heavy atom. The Morgan fingerprint density at radius 1 is 1.17 bits per heavy atom. The van der Waals surface area contributed by atoms with E-state index in [1.807, 2.05) is 37.3 Å². The standard InChI is InChI=1S/C30H39NO4/c1-18-10-9-13-24-28(33)21(4)20(3)27-25(17-23-11-7-6-8-12-23)31-29(34)30(24,27)26(35-22(5)32)15-14-19(2)16-18/h6-9,11-15,18-20,24-28,33H,4,10,16-17H2,1-3,5H3,(H,31,34)/b13-9+,15-14+. The van der Waals surface area contributed by atoms with Gasteiger partial charge in [-0.2, -0.15) is 0 Å². The highest BCUT2D eigenvalue weighted by molar-refractivity contribution is 5.89. The molecule has 1 aromatic carbocycles. The van der Waals surface area contributed by atoms with Gasteiger partial charge >= 0.3 is 5.97 Å². The molecule has 9 unspecified atom stereocenters. The van der Waals surface area contributed by atoms with E-state index in [1.54, 1.807) is 0 Å². The SMILES string of the molecule is C=C1C(C)C2C(Cc3ccccc3)NC(=O)C23C(OC(C)=O)/C=C/C(C)CC(C)C/C=C/C3C1O. The highest BCUT2D eigenvalue weighted by atomic mass is 16.5. The fraction of sp³-hybridized carbons (Fsp3) is 0.533. The molecule has 1 saturated carbocycles. The number of aliphatic hydroxyl groups is 1. The van der Waals surface area contributed by atoms with Gasteiger partial charge in [0.15, 0.2) is 0 Å². The third-order valence-corrected chi connectivity index (χ3v) is 8.42. The highest BCUT2D eigenvalue weighted by Gasteiger charge is 2.68. The first-order chi connectivity index (χ1) is 16.7. The Morgan fingerprint density at radius 2 is 1.89 bits per heavy atom. The zero-order valence-corrected chi connectivity index (χ0v) is 21.3. The van der Waals surface area contributed by atoms with Crippen LogP contribution in [0, 0.1) is 35.0 Å². The van der Waals surface area contributed by atoms with Crippen LogP contribution >= 0.6 is 0 Å². The van der Waals surface area contributed by atoms with E-state index >= 15 is 0 Å². The molecule has 5 nitrogen and oxygen atoms in total. The van der Waals surface area contributed by atoms with Gasteiger partial charge in [-0.25, -0.2) is 0 Å². The molecule has 188 valence electrons. The Labute approximate surface area is 209 Å². The van der Waals surface area contributed by atoms with Crippen molar-refractivity contribution in [1.82, 2.24) is 5.32 Å². The van der Waals surface area contributed by atoms with E-state index in [9.17, 15) is 14.7 Å². The molecular formula is C30H39NO4. The lowest BCUT2D eigenvalue weighted by Gasteiger charge is -2.52. The van der Waals surface area contributed by atoms with E-state index in [0.29, 0.717) is 12.3 Å². The van der Waals surface area contributed by atoms with Crippen LogP contribution in [0.2, 0.25) is 0 Å². The lowest BCUT2D eigenvalue weighted by Crippen LogP contribution is -2.60. The van der Waals surface area contributed by atoms with Gasteiger partial charge in [-0.1, -0.05) is 75.9 Å². The molecule has 1 aliphatic heterocycles. The van der Waals surface area contributed by atoms with Crippen LogP contribution in [0.15, 0.2) is 66.8 Å². The van der Waals surface area contributed by atoms with Gasteiger partial charge in [0, 0.05) is 24.8 Å². The normalized spacial score (nSPS) is 41.1. The molecule has 35 heavy (non-hydrogen) atoms. The monoisotopic (exact) mass is 477 g/mol. The van der Waals surface area contributed by atoms with Gasteiger partial charge in [-0.3, -0.25) is 9.59 Å². The predicted molar refractivity (Wildman–Crippen MR) is 137 cm³/mol. The Balaban J connectivity index is 1.90. The molecule has 0 radical (unpaired) electrons. The summed E-state index contributed by atoms with van der Waals surface area (Å²) in [6, 6.07) is 9.94. The van der Waals surface area contributed by atoms with Gasteiger partial charge in [0.1, 0.15) is 11.5 Å². The minimum absolute atomic E-state index is 0.143. The van der Waals surface area contributed by atoms with Crippen LogP contribution in [0.4, 0.5) is 0 Å². The first kappa shape index (κ1) is 25.4. The van der Waals surface area contributed by atoms with Crippen molar-refractivity contribution in [3.05, 3.63) is 72.4 Å². The van der Waals surface area contributed by atoms with Gasteiger partial charge in [0.2, 0.25) is 5.91 Å². The van der Waals surface area contributed by atoms with Crippen molar-refractivity contribution >= 4 is 11.9 Å². The Bertz CT molecular complexity index is 1010. The number of allylic oxidation sites excluding steroid dienone is 2. The van der Waals surface area contributed by atoms with E-state index in [4.69, 9.17) is 4.74 Å². The van der Waals surface area contributed by atoms with Crippen molar-refractivity contribution in [3.8, 4) is 0 Å². The van der Waals surface area contributed by atoms with Crippen LogP contribution in [0.5, 0.6) is 0 Å². The van der Waals surface area contributed by atoms with Crippen molar-refractivity contribution in [2.45, 2.75) is 65.2 Å². The fourth-order valence-electron chi connectivity index (χ4n) is 6.85. The molecule has 4 rings (SSSR count). The summed E-state index contributed by atoms with van der Waals surface area (Å²) in [4.78, 5) is 26.5. The van der Waals surface area contributed by atoms with Crippen molar-refractivity contribution in [3.63, 3.8) is 0 Å². The molecule has 0 bridgehead atoms. The number of aliphatic hydroxyl groups excluding tert-OH is 1. The largest absolute Gasteiger partial charge is 0.457 e. The van der Waals surface area contributed by atoms with E-state index in [0.717, 1.165) is 24.0 Å². The number of carbonyl (C=O) groups is 2. The van der Waals surface area contributed by atoms with E-state index in [1.165, 1.54) is 6.92 Å². The number of ether oxygens (including phenoxy) is 1. The summed E-state index contributed by atoms with van der Waals surface area (Å²) in [7, 11) is 0. The summed E-state index contributed by atoms with van der Waals surface area (Å²) in [5.74, 6) is -0.767. The third-order valence-electron chi connectivity index (χ3n) is 8.42. The molecule has 2 fully saturated rings. The van der Waals surface area contributed by atoms with Gasteiger partial charge in [0.25, 0.3) is 0 Å². The van der Waals surface area contributed by atoms with Crippen LogP contribution in [-0.2, 0) is 20.7 Å². The number of carbonyl (C=O) groups excluding carboxylic acids is 2. The second-order valence-electron chi connectivity index (χ2n) is 11.0. The second-order valence-corrected chi connectivity index (χ2v) is 11.0. The molecule has 1 amide bonds. The number of amides is 1. The van der Waals surface area contributed by atoms with E-state index < -0.39 is 29.5 Å². The molecule has 3 aliphatic rings. The summed E-state index contributed by atoms with van der Waals surface area (Å²) in [6.45, 7) is 12.1. The van der Waals surface area contributed by atoms with Crippen molar-refractivity contribution in [1.29, 1.82) is 0 Å². The molecule has 2 aliphatic carbocycles. The molecule has 1 saturated heterocycles. The van der Waals surface area contributed by atoms with Crippen molar-refractivity contribution in [2.75, 3.05) is 0 Å². The van der Waals surface area contributed by atoms with Gasteiger partial charge < -0.3 is 15.2 Å². The Kier molecular flexibility index (Phi) is 7.37. The number of hydrogen-bond donors (Lipinski definition) is 2. The molecular weight excluding hydrogens is 438 g/mol. The van der Waals surface area contributed by atoms with Crippen LogP contribution in [-0.4, -0.2) is 35.2 Å². The highest BCUT2D eigenvalue weighted by Crippen LogP contribution is 2.58. The molecule has 1 spiro atoms. The molecule has 2 N–H and O–H groups in total. The summed E-state index contributed by atoms with van der Waals surface area (Å²) in [5.41, 5.74) is 0.729. The molecule has 1 aromatic rings. The van der Waals surface area contributed by atoms with Gasteiger partial charge in [-0.05, 0) is 54.2 Å². The number of esters is 1. The minimum atomic E-state index is -1.13. The van der Waals surface area contributed by atoms with Gasteiger partial charge in [0.05, 0.1) is 6.10 Å². The topological polar surface area (TPSA) is 75.6 Å². The third kappa shape index (κ3) is 4.63. The number of rotatable bonds is 3.